The van der Waals surface area contributed by atoms with E-state index in [0.717, 1.165) is 13.1 Å². The van der Waals surface area contributed by atoms with Crippen LogP contribution in [0.2, 0.25) is 0 Å². The predicted molar refractivity (Wildman–Crippen MR) is 84.0 cm³/mol. The second-order valence-electron chi connectivity index (χ2n) is 5.12. The van der Waals surface area contributed by atoms with Gasteiger partial charge in [0.1, 0.15) is 0 Å². The first-order valence-corrected chi connectivity index (χ1v) is 7.41. The van der Waals surface area contributed by atoms with Gasteiger partial charge >= 0.3 is 0 Å². The largest absolute Gasteiger partial charge is 0.395 e. The maximum absolute atomic E-state index is 9.03. The Hall–Kier alpha value is -1.22. The molecule has 3 heteroatoms. The Bertz CT molecular complexity index is 337. The minimum atomic E-state index is 0.197. The number of hydrogen-bond acceptors (Lipinski definition) is 3. The Kier molecular flexibility index (Phi) is 7.34. The van der Waals surface area contributed by atoms with Crippen molar-refractivity contribution in [1.29, 1.82) is 0 Å². The quantitative estimate of drug-likeness (QED) is 0.718. The molecule has 19 heavy (non-hydrogen) atoms. The molecule has 0 spiro atoms. The first kappa shape index (κ1) is 15.8. The highest BCUT2D eigenvalue weighted by Crippen LogP contribution is 2.18. The van der Waals surface area contributed by atoms with Crippen molar-refractivity contribution >= 4 is 11.4 Å². The van der Waals surface area contributed by atoms with Crippen LogP contribution >= 0.6 is 0 Å². The molecule has 0 amide bonds. The van der Waals surface area contributed by atoms with E-state index in [9.17, 15) is 0 Å². The van der Waals surface area contributed by atoms with Crippen molar-refractivity contribution in [2.24, 2.45) is 5.92 Å². The van der Waals surface area contributed by atoms with Crippen molar-refractivity contribution in [2.75, 3.05) is 36.5 Å². The van der Waals surface area contributed by atoms with Crippen molar-refractivity contribution in [1.82, 2.24) is 0 Å². The molecule has 0 bridgehead atoms. The van der Waals surface area contributed by atoms with E-state index in [0.29, 0.717) is 12.5 Å². The Balaban J connectivity index is 2.51. The van der Waals surface area contributed by atoms with Crippen molar-refractivity contribution in [3.8, 4) is 0 Å². The zero-order valence-electron chi connectivity index (χ0n) is 12.5. The van der Waals surface area contributed by atoms with Gasteiger partial charge < -0.3 is 15.3 Å². The first-order valence-electron chi connectivity index (χ1n) is 7.41. The van der Waals surface area contributed by atoms with Crippen molar-refractivity contribution < 1.29 is 5.11 Å². The van der Waals surface area contributed by atoms with Crippen LogP contribution < -0.4 is 10.2 Å². The maximum Gasteiger partial charge on any atom is 0.0606 e. The van der Waals surface area contributed by atoms with Crippen LogP contribution in [0.5, 0.6) is 0 Å². The molecule has 1 rings (SSSR count). The average molecular weight is 264 g/mol. The van der Waals surface area contributed by atoms with Gasteiger partial charge in [-0.05, 0) is 43.5 Å². The molecule has 0 aromatic heterocycles. The zero-order valence-corrected chi connectivity index (χ0v) is 12.5. The second kappa shape index (κ2) is 8.81. The van der Waals surface area contributed by atoms with E-state index >= 15 is 0 Å². The van der Waals surface area contributed by atoms with Crippen LogP contribution in [-0.2, 0) is 0 Å². The Morgan fingerprint density at radius 3 is 2.42 bits per heavy atom. The summed E-state index contributed by atoms with van der Waals surface area (Å²) in [6, 6.07) is 8.47. The van der Waals surface area contributed by atoms with E-state index in [-0.39, 0.29) is 6.61 Å². The molecule has 0 radical (unpaired) electrons. The highest BCUT2D eigenvalue weighted by atomic mass is 16.3. The third-order valence-corrected chi connectivity index (χ3v) is 3.42. The monoisotopic (exact) mass is 264 g/mol. The third-order valence-electron chi connectivity index (χ3n) is 3.42. The molecule has 0 saturated heterocycles. The summed E-state index contributed by atoms with van der Waals surface area (Å²) in [4.78, 5) is 2.17. The summed E-state index contributed by atoms with van der Waals surface area (Å²) in [6.45, 7) is 9.45. The van der Waals surface area contributed by atoms with Gasteiger partial charge in [0.2, 0.25) is 0 Å². The van der Waals surface area contributed by atoms with Crippen LogP contribution in [0.1, 0.15) is 33.6 Å². The van der Waals surface area contributed by atoms with Crippen LogP contribution in [0.25, 0.3) is 0 Å². The molecule has 3 nitrogen and oxygen atoms in total. The van der Waals surface area contributed by atoms with Gasteiger partial charge in [-0.3, -0.25) is 0 Å². The van der Waals surface area contributed by atoms with Gasteiger partial charge in [-0.15, -0.1) is 0 Å². The minimum absolute atomic E-state index is 0.197. The molecule has 0 saturated carbocycles. The number of nitrogens with zero attached hydrogens (tertiary/aromatic N) is 1. The summed E-state index contributed by atoms with van der Waals surface area (Å²) in [7, 11) is 0. The standard InChI is InChI=1S/C16H28N2O/c1-4-6-14(3)13-17-15-7-9-16(10-8-15)18(5-2)11-12-19/h7-10,14,17,19H,4-6,11-13H2,1-3H3. The second-order valence-corrected chi connectivity index (χ2v) is 5.12. The highest BCUT2D eigenvalue weighted by molar-refractivity contribution is 5.55. The number of nitrogens with one attached hydrogen (secondary N) is 1. The SMILES string of the molecule is CCCC(C)CNc1ccc(N(CC)CCO)cc1. The van der Waals surface area contributed by atoms with Gasteiger partial charge in [-0.2, -0.15) is 0 Å². The molecule has 0 aliphatic carbocycles. The Morgan fingerprint density at radius 1 is 1.21 bits per heavy atom. The molecule has 1 atom stereocenters. The third kappa shape index (κ3) is 5.52. The van der Waals surface area contributed by atoms with Crippen molar-refractivity contribution in [3.05, 3.63) is 24.3 Å². The van der Waals surface area contributed by atoms with Gasteiger partial charge in [0.05, 0.1) is 6.61 Å². The van der Waals surface area contributed by atoms with Gasteiger partial charge in [0.15, 0.2) is 0 Å². The number of hydrogen-bond donors (Lipinski definition) is 2. The fourth-order valence-electron chi connectivity index (χ4n) is 2.27. The summed E-state index contributed by atoms with van der Waals surface area (Å²) < 4.78 is 0. The first-order chi connectivity index (χ1) is 9.21. The van der Waals surface area contributed by atoms with E-state index < -0.39 is 0 Å². The molecular formula is C16H28N2O. The minimum Gasteiger partial charge on any atom is -0.395 e. The van der Waals surface area contributed by atoms with E-state index in [1.165, 1.54) is 24.2 Å². The summed E-state index contributed by atoms with van der Waals surface area (Å²) in [6.07, 6.45) is 2.51. The average Bonchev–Trinajstić information content (AvgIpc) is 2.43. The van der Waals surface area contributed by atoms with E-state index in [4.69, 9.17) is 5.11 Å². The number of benzene rings is 1. The lowest BCUT2D eigenvalue weighted by Gasteiger charge is -2.22. The fourth-order valence-corrected chi connectivity index (χ4v) is 2.27. The predicted octanol–water partition coefficient (Wildman–Crippen LogP) is 3.35. The van der Waals surface area contributed by atoms with Crippen LogP contribution in [0, 0.1) is 5.92 Å². The van der Waals surface area contributed by atoms with Gasteiger partial charge in [-0.1, -0.05) is 20.3 Å². The summed E-state index contributed by atoms with van der Waals surface area (Å²) >= 11 is 0. The fraction of sp³-hybridized carbons (Fsp3) is 0.625. The highest BCUT2D eigenvalue weighted by Gasteiger charge is 2.04. The summed E-state index contributed by atoms with van der Waals surface area (Å²) in [5, 5.41) is 12.5. The smallest absolute Gasteiger partial charge is 0.0606 e. The Labute approximate surface area is 117 Å². The summed E-state index contributed by atoms with van der Waals surface area (Å²) in [5.74, 6) is 0.714. The number of aliphatic hydroxyl groups is 1. The molecule has 1 aromatic rings. The lowest BCUT2D eigenvalue weighted by molar-refractivity contribution is 0.302. The molecule has 0 heterocycles. The topological polar surface area (TPSA) is 35.5 Å². The van der Waals surface area contributed by atoms with Crippen molar-refractivity contribution in [2.45, 2.75) is 33.6 Å². The molecule has 0 aliphatic rings. The molecule has 0 fully saturated rings. The van der Waals surface area contributed by atoms with Crippen LogP contribution in [-0.4, -0.2) is 31.3 Å². The van der Waals surface area contributed by atoms with E-state index in [2.05, 4.69) is 55.3 Å². The maximum atomic E-state index is 9.03. The Morgan fingerprint density at radius 2 is 1.89 bits per heavy atom. The molecule has 0 aliphatic heterocycles. The number of rotatable bonds is 9. The van der Waals surface area contributed by atoms with Gasteiger partial charge in [0, 0.05) is 31.0 Å². The molecule has 108 valence electrons. The van der Waals surface area contributed by atoms with Gasteiger partial charge in [0.25, 0.3) is 0 Å². The van der Waals surface area contributed by atoms with Crippen LogP contribution in [0.15, 0.2) is 24.3 Å². The van der Waals surface area contributed by atoms with Crippen LogP contribution in [0.3, 0.4) is 0 Å². The van der Waals surface area contributed by atoms with Crippen LogP contribution in [0.4, 0.5) is 11.4 Å². The normalized spacial score (nSPS) is 12.2. The number of aliphatic hydroxyl groups excluding tert-OH is 1. The molecular weight excluding hydrogens is 236 g/mol. The number of likely N-dealkylation sites (N-methyl/N-ethyl adjacent to an activating group) is 1. The van der Waals surface area contributed by atoms with E-state index in [1.807, 2.05) is 0 Å². The van der Waals surface area contributed by atoms with Gasteiger partial charge in [-0.25, -0.2) is 0 Å². The summed E-state index contributed by atoms with van der Waals surface area (Å²) in [5.41, 5.74) is 2.34. The zero-order chi connectivity index (χ0) is 14.1. The molecule has 1 unspecified atom stereocenters. The lowest BCUT2D eigenvalue weighted by Crippen LogP contribution is -2.26. The lowest BCUT2D eigenvalue weighted by atomic mass is 10.1. The van der Waals surface area contributed by atoms with E-state index in [1.54, 1.807) is 0 Å². The number of anilines is 2. The molecule has 2 N–H and O–H groups in total. The van der Waals surface area contributed by atoms with Crippen molar-refractivity contribution in [3.63, 3.8) is 0 Å². The molecule has 1 aromatic carbocycles.